The second kappa shape index (κ2) is 6.80. The van der Waals surface area contributed by atoms with Gasteiger partial charge in [-0.1, -0.05) is 56.5 Å². The molecule has 17 heavy (non-hydrogen) atoms. The van der Waals surface area contributed by atoms with Gasteiger partial charge >= 0.3 is 0 Å². The zero-order valence-corrected chi connectivity index (χ0v) is 10.9. The fourth-order valence-electron chi connectivity index (χ4n) is 2.37. The molecule has 1 aromatic carbocycles. The molecule has 1 aliphatic rings. The Hall–Kier alpha value is -0.820. The van der Waals surface area contributed by atoms with Crippen molar-refractivity contribution in [2.75, 3.05) is 6.61 Å². The van der Waals surface area contributed by atoms with Gasteiger partial charge in [-0.15, -0.1) is 0 Å². The van der Waals surface area contributed by atoms with Crippen molar-refractivity contribution in [1.29, 1.82) is 0 Å². The van der Waals surface area contributed by atoms with E-state index in [4.69, 9.17) is 4.74 Å². The lowest BCUT2D eigenvalue weighted by Gasteiger charge is -2.10. The molecule has 1 fully saturated rings. The van der Waals surface area contributed by atoms with E-state index in [1.54, 1.807) is 0 Å². The van der Waals surface area contributed by atoms with Gasteiger partial charge in [-0.2, -0.15) is 0 Å². The van der Waals surface area contributed by atoms with Crippen LogP contribution in [0.2, 0.25) is 0 Å². The summed E-state index contributed by atoms with van der Waals surface area (Å²) in [6.45, 7) is 3.40. The van der Waals surface area contributed by atoms with Crippen molar-refractivity contribution < 1.29 is 4.74 Å². The number of ether oxygens (including phenoxy) is 1. The van der Waals surface area contributed by atoms with E-state index < -0.39 is 0 Å². The average molecular weight is 232 g/mol. The Bertz CT molecular complexity index is 303. The molecule has 2 unspecified atom stereocenters. The van der Waals surface area contributed by atoms with Crippen molar-refractivity contribution in [1.82, 2.24) is 0 Å². The minimum Gasteiger partial charge on any atom is -0.373 e. The van der Waals surface area contributed by atoms with Crippen molar-refractivity contribution >= 4 is 0 Å². The van der Waals surface area contributed by atoms with Gasteiger partial charge < -0.3 is 4.74 Å². The number of aryl methyl sites for hydroxylation is 1. The van der Waals surface area contributed by atoms with Crippen LogP contribution in [0.1, 0.15) is 44.6 Å². The second-order valence-corrected chi connectivity index (χ2v) is 5.37. The molecule has 0 amide bonds. The van der Waals surface area contributed by atoms with Gasteiger partial charge in [-0.05, 0) is 30.7 Å². The molecule has 1 nitrogen and oxygen atoms in total. The highest BCUT2D eigenvalue weighted by Gasteiger charge is 2.21. The fourth-order valence-corrected chi connectivity index (χ4v) is 2.37. The molecule has 0 N–H and O–H groups in total. The summed E-state index contributed by atoms with van der Waals surface area (Å²) in [7, 11) is 0. The first-order valence-electron chi connectivity index (χ1n) is 7.00. The van der Waals surface area contributed by atoms with Crippen LogP contribution in [0.25, 0.3) is 0 Å². The summed E-state index contributed by atoms with van der Waals surface area (Å²) in [5.74, 6) is 0.873. The first-order valence-corrected chi connectivity index (χ1v) is 7.00. The van der Waals surface area contributed by atoms with Crippen LogP contribution in [0, 0.1) is 5.92 Å². The predicted molar refractivity (Wildman–Crippen MR) is 72.1 cm³/mol. The van der Waals surface area contributed by atoms with E-state index in [-0.39, 0.29) is 0 Å². The lowest BCUT2D eigenvalue weighted by molar-refractivity contribution is 0.374. The van der Waals surface area contributed by atoms with E-state index in [2.05, 4.69) is 37.3 Å². The van der Waals surface area contributed by atoms with Crippen molar-refractivity contribution in [2.24, 2.45) is 5.92 Å². The summed E-state index contributed by atoms with van der Waals surface area (Å²) in [4.78, 5) is 0. The Kier molecular flexibility index (Phi) is 5.06. The molecule has 0 spiro atoms. The van der Waals surface area contributed by atoms with Crippen LogP contribution < -0.4 is 0 Å². The average Bonchev–Trinajstić information content (AvgIpc) is 3.14. The Balaban J connectivity index is 1.51. The van der Waals surface area contributed by atoms with Gasteiger partial charge in [0.25, 0.3) is 0 Å². The summed E-state index contributed by atoms with van der Waals surface area (Å²) < 4.78 is 5.23. The molecule has 0 aromatic heterocycles. The lowest BCUT2D eigenvalue weighted by Crippen LogP contribution is -1.97. The van der Waals surface area contributed by atoms with Crippen LogP contribution in [0.4, 0.5) is 0 Å². The van der Waals surface area contributed by atoms with E-state index in [9.17, 15) is 0 Å². The molecule has 94 valence electrons. The normalized spacial score (nSPS) is 20.2. The van der Waals surface area contributed by atoms with Gasteiger partial charge in [-0.3, -0.25) is 0 Å². The summed E-state index contributed by atoms with van der Waals surface area (Å²) in [6, 6.07) is 10.8. The molecule has 1 heteroatoms. The van der Waals surface area contributed by atoms with Crippen molar-refractivity contribution in [3.05, 3.63) is 35.9 Å². The highest BCUT2D eigenvalue weighted by Crippen LogP contribution is 2.21. The minimum absolute atomic E-state index is 0.617. The van der Waals surface area contributed by atoms with Crippen LogP contribution in [0.15, 0.2) is 30.3 Å². The highest BCUT2D eigenvalue weighted by atomic mass is 16.6. The van der Waals surface area contributed by atoms with E-state index >= 15 is 0 Å². The summed E-state index contributed by atoms with van der Waals surface area (Å²) >= 11 is 0. The molecule has 1 aliphatic heterocycles. The SMILES string of the molecule is CC(CCCc1ccccc1)CCCC1CO1. The standard InChI is InChI=1S/C16H24O/c1-14(8-6-12-16-13-17-16)7-5-11-15-9-3-2-4-10-15/h2-4,9-10,14,16H,5-8,11-13H2,1H3. The van der Waals surface area contributed by atoms with E-state index in [0.717, 1.165) is 12.5 Å². The third-order valence-electron chi connectivity index (χ3n) is 3.63. The molecule has 1 heterocycles. The number of epoxide rings is 1. The predicted octanol–water partition coefficient (Wildman–Crippen LogP) is 4.21. The lowest BCUT2D eigenvalue weighted by atomic mass is 9.96. The van der Waals surface area contributed by atoms with E-state index in [0.29, 0.717) is 6.10 Å². The van der Waals surface area contributed by atoms with Crippen LogP contribution in [0.5, 0.6) is 0 Å². The molecule has 1 saturated heterocycles. The van der Waals surface area contributed by atoms with Crippen molar-refractivity contribution in [2.45, 2.75) is 51.6 Å². The maximum atomic E-state index is 5.23. The van der Waals surface area contributed by atoms with Crippen molar-refractivity contribution in [3.8, 4) is 0 Å². The van der Waals surface area contributed by atoms with Gasteiger partial charge in [-0.25, -0.2) is 0 Å². The molecule has 1 aromatic rings. The number of hydrogen-bond acceptors (Lipinski definition) is 1. The van der Waals surface area contributed by atoms with Gasteiger partial charge in [0.05, 0.1) is 12.7 Å². The van der Waals surface area contributed by atoms with Gasteiger partial charge in [0, 0.05) is 0 Å². The molecule has 2 atom stereocenters. The molecular formula is C16H24O. The largest absolute Gasteiger partial charge is 0.373 e. The maximum absolute atomic E-state index is 5.23. The maximum Gasteiger partial charge on any atom is 0.0810 e. The van der Waals surface area contributed by atoms with Crippen molar-refractivity contribution in [3.63, 3.8) is 0 Å². The Morgan fingerprint density at radius 2 is 1.88 bits per heavy atom. The molecule has 2 rings (SSSR count). The number of hydrogen-bond donors (Lipinski definition) is 0. The van der Waals surface area contributed by atoms with Crippen LogP contribution in [-0.2, 0) is 11.2 Å². The number of benzene rings is 1. The monoisotopic (exact) mass is 232 g/mol. The topological polar surface area (TPSA) is 12.5 Å². The third-order valence-corrected chi connectivity index (χ3v) is 3.63. The molecule has 0 radical (unpaired) electrons. The summed E-state index contributed by atoms with van der Waals surface area (Å²) in [5.41, 5.74) is 1.48. The minimum atomic E-state index is 0.617. The van der Waals surface area contributed by atoms with Gasteiger partial charge in [0.2, 0.25) is 0 Å². The Labute approximate surface area is 105 Å². The van der Waals surface area contributed by atoms with E-state index in [1.807, 2.05) is 0 Å². The van der Waals surface area contributed by atoms with Crippen LogP contribution in [-0.4, -0.2) is 12.7 Å². The van der Waals surface area contributed by atoms with Gasteiger partial charge in [0.15, 0.2) is 0 Å². The van der Waals surface area contributed by atoms with Gasteiger partial charge in [0.1, 0.15) is 0 Å². The smallest absolute Gasteiger partial charge is 0.0810 e. The number of rotatable bonds is 8. The first-order chi connectivity index (χ1) is 8.34. The quantitative estimate of drug-likeness (QED) is 0.611. The molecule has 0 saturated carbocycles. The zero-order valence-electron chi connectivity index (χ0n) is 10.9. The zero-order chi connectivity index (χ0) is 11.9. The summed E-state index contributed by atoms with van der Waals surface area (Å²) in [6.07, 6.45) is 8.53. The molecule has 0 bridgehead atoms. The Morgan fingerprint density at radius 1 is 1.18 bits per heavy atom. The fraction of sp³-hybridized carbons (Fsp3) is 0.625. The second-order valence-electron chi connectivity index (χ2n) is 5.37. The molecular weight excluding hydrogens is 208 g/mol. The third kappa shape index (κ3) is 5.36. The Morgan fingerprint density at radius 3 is 2.59 bits per heavy atom. The van der Waals surface area contributed by atoms with Crippen LogP contribution in [0.3, 0.4) is 0 Å². The van der Waals surface area contributed by atoms with Crippen LogP contribution >= 0.6 is 0 Å². The summed E-state index contributed by atoms with van der Waals surface area (Å²) in [5, 5.41) is 0. The van der Waals surface area contributed by atoms with E-state index in [1.165, 1.54) is 44.1 Å². The first kappa shape index (κ1) is 12.6. The highest BCUT2D eigenvalue weighted by molar-refractivity contribution is 5.14. The molecule has 0 aliphatic carbocycles.